The molecular weight excluding hydrogens is 400 g/mol. The van der Waals surface area contributed by atoms with E-state index in [0.717, 1.165) is 5.56 Å². The van der Waals surface area contributed by atoms with Gasteiger partial charge in [0.25, 0.3) is 0 Å². The van der Waals surface area contributed by atoms with Crippen molar-refractivity contribution in [2.24, 2.45) is 0 Å². The van der Waals surface area contributed by atoms with Crippen LogP contribution >= 0.6 is 0 Å². The number of hydrogen-bond donors (Lipinski definition) is 0. The Kier molecular flexibility index (Phi) is 4.34. The van der Waals surface area contributed by atoms with Crippen molar-refractivity contribution in [3.63, 3.8) is 0 Å². The smallest absolute Gasteiger partial charge is 0.303 e. The first-order chi connectivity index (χ1) is 14.8. The molecule has 31 heavy (non-hydrogen) atoms. The molecule has 3 aromatic rings. The molecule has 0 aliphatic carbocycles. The number of ether oxygens (including phenoxy) is 4. The fourth-order valence-electron chi connectivity index (χ4n) is 4.54. The molecule has 0 N–H and O–H groups in total. The lowest BCUT2D eigenvalue weighted by molar-refractivity contribution is -0.159. The number of benzene rings is 2. The van der Waals surface area contributed by atoms with E-state index in [4.69, 9.17) is 23.4 Å². The summed E-state index contributed by atoms with van der Waals surface area (Å²) in [6, 6.07) is 12.5. The first-order valence-corrected chi connectivity index (χ1v) is 10.1. The standard InChI is InChI=1S/C24H22O7/c1-12(25)28-22-20-19-17(30-23(20)31-24(22,2)3)11-16(27-4)18-14(26)10-15(29-21(18)19)13-8-6-5-7-9-13/h5-11,20,22-23H,1-4H3/t20-,22-,23+/m0/s1. The molecule has 7 heteroatoms. The van der Waals surface area contributed by atoms with Gasteiger partial charge in [0.05, 0.1) is 18.6 Å². The minimum absolute atomic E-state index is 0.231. The van der Waals surface area contributed by atoms with Crippen LogP contribution in [-0.2, 0) is 14.3 Å². The van der Waals surface area contributed by atoms with E-state index in [1.165, 1.54) is 20.1 Å². The number of carbonyl (C=O) groups is 1. The van der Waals surface area contributed by atoms with Gasteiger partial charge in [-0.05, 0) is 13.8 Å². The molecule has 7 nitrogen and oxygen atoms in total. The van der Waals surface area contributed by atoms with Crippen molar-refractivity contribution >= 4 is 16.9 Å². The summed E-state index contributed by atoms with van der Waals surface area (Å²) >= 11 is 0. The molecule has 1 fully saturated rings. The van der Waals surface area contributed by atoms with Gasteiger partial charge in [-0.2, -0.15) is 0 Å². The van der Waals surface area contributed by atoms with E-state index in [9.17, 15) is 9.59 Å². The Labute approximate surface area is 178 Å². The van der Waals surface area contributed by atoms with Crippen molar-refractivity contribution in [3.05, 3.63) is 58.3 Å². The van der Waals surface area contributed by atoms with Crippen molar-refractivity contribution < 1.29 is 28.2 Å². The largest absolute Gasteiger partial charge is 0.496 e. The Morgan fingerprint density at radius 1 is 1.13 bits per heavy atom. The minimum Gasteiger partial charge on any atom is -0.496 e. The molecule has 0 radical (unpaired) electrons. The summed E-state index contributed by atoms with van der Waals surface area (Å²) in [7, 11) is 1.49. The molecule has 3 heterocycles. The maximum Gasteiger partial charge on any atom is 0.303 e. The molecule has 3 atom stereocenters. The third kappa shape index (κ3) is 2.99. The van der Waals surface area contributed by atoms with Crippen LogP contribution in [0.1, 0.15) is 32.3 Å². The lowest BCUT2D eigenvalue weighted by Crippen LogP contribution is -2.38. The van der Waals surface area contributed by atoms with Crippen molar-refractivity contribution in [3.8, 4) is 22.8 Å². The molecule has 0 bridgehead atoms. The fourth-order valence-corrected chi connectivity index (χ4v) is 4.54. The lowest BCUT2D eigenvalue weighted by Gasteiger charge is -2.27. The highest BCUT2D eigenvalue weighted by molar-refractivity contribution is 5.91. The summed E-state index contributed by atoms with van der Waals surface area (Å²) in [4.78, 5) is 25.0. The van der Waals surface area contributed by atoms with E-state index < -0.39 is 29.9 Å². The molecule has 2 aromatic carbocycles. The first-order valence-electron chi connectivity index (χ1n) is 10.1. The van der Waals surface area contributed by atoms with E-state index in [-0.39, 0.29) is 5.43 Å². The molecule has 5 rings (SSSR count). The van der Waals surface area contributed by atoms with Crippen molar-refractivity contribution in [1.29, 1.82) is 0 Å². The quantitative estimate of drug-likeness (QED) is 0.590. The Morgan fingerprint density at radius 2 is 1.87 bits per heavy atom. The molecule has 2 aliphatic heterocycles. The summed E-state index contributed by atoms with van der Waals surface area (Å²) in [5.74, 6) is 0.404. The number of hydrogen-bond acceptors (Lipinski definition) is 7. The van der Waals surface area contributed by atoms with Gasteiger partial charge in [-0.25, -0.2) is 0 Å². The minimum atomic E-state index is -0.776. The van der Waals surface area contributed by atoms with Gasteiger partial charge in [-0.3, -0.25) is 9.59 Å². The third-order valence-electron chi connectivity index (χ3n) is 5.84. The SMILES string of the molecule is COc1cc2c(c3oc(-c4ccccc4)cc(=O)c13)[C@@H]1[C@H](O2)OC(C)(C)[C@H]1OC(C)=O. The number of esters is 1. The zero-order chi connectivity index (χ0) is 21.9. The zero-order valence-corrected chi connectivity index (χ0v) is 17.6. The summed E-state index contributed by atoms with van der Waals surface area (Å²) in [6.07, 6.45) is -1.28. The number of methoxy groups -OCH3 is 1. The normalized spacial score (nSPS) is 23.2. The van der Waals surface area contributed by atoms with Crippen LogP contribution in [-0.4, -0.2) is 31.1 Å². The fraction of sp³-hybridized carbons (Fsp3) is 0.333. The van der Waals surface area contributed by atoms with Gasteiger partial charge >= 0.3 is 5.97 Å². The van der Waals surface area contributed by atoms with Crippen molar-refractivity contribution in [2.45, 2.75) is 44.7 Å². The van der Waals surface area contributed by atoms with E-state index in [0.29, 0.717) is 33.8 Å². The van der Waals surface area contributed by atoms with E-state index in [1.807, 2.05) is 44.2 Å². The predicted molar refractivity (Wildman–Crippen MR) is 112 cm³/mol. The van der Waals surface area contributed by atoms with E-state index in [2.05, 4.69) is 0 Å². The molecule has 1 saturated heterocycles. The zero-order valence-electron chi connectivity index (χ0n) is 17.6. The molecule has 160 valence electrons. The van der Waals surface area contributed by atoms with Crippen LogP contribution < -0.4 is 14.9 Å². The Morgan fingerprint density at radius 3 is 2.55 bits per heavy atom. The first kappa shape index (κ1) is 19.6. The third-order valence-corrected chi connectivity index (χ3v) is 5.84. The predicted octanol–water partition coefficient (Wildman–Crippen LogP) is 4.01. The average Bonchev–Trinajstić information content (AvgIpc) is 3.19. The second kappa shape index (κ2) is 6.85. The van der Waals surface area contributed by atoms with Crippen LogP contribution in [0.3, 0.4) is 0 Å². The summed E-state index contributed by atoms with van der Waals surface area (Å²) in [5, 5.41) is 0.316. The second-order valence-electron chi connectivity index (χ2n) is 8.30. The van der Waals surface area contributed by atoms with Gasteiger partial charge in [0.1, 0.15) is 39.9 Å². The Bertz CT molecular complexity index is 1240. The molecule has 1 aromatic heterocycles. The molecule has 2 aliphatic rings. The summed E-state index contributed by atoms with van der Waals surface area (Å²) in [5.41, 5.74) is 0.764. The Hall–Kier alpha value is -3.32. The number of carbonyl (C=O) groups excluding carboxylic acids is 1. The number of rotatable bonds is 3. The molecule has 0 amide bonds. The molecule has 0 saturated carbocycles. The van der Waals surface area contributed by atoms with Crippen LogP contribution in [0, 0.1) is 0 Å². The van der Waals surface area contributed by atoms with Gasteiger partial charge in [0, 0.05) is 24.6 Å². The lowest BCUT2D eigenvalue weighted by atomic mass is 9.87. The van der Waals surface area contributed by atoms with Gasteiger partial charge in [0.2, 0.25) is 6.29 Å². The molecule has 0 spiro atoms. The van der Waals surface area contributed by atoms with E-state index >= 15 is 0 Å². The highest BCUT2D eigenvalue weighted by atomic mass is 16.7. The van der Waals surface area contributed by atoms with Crippen LogP contribution in [0.25, 0.3) is 22.3 Å². The van der Waals surface area contributed by atoms with Gasteiger partial charge < -0.3 is 23.4 Å². The van der Waals surface area contributed by atoms with Crippen LogP contribution in [0.5, 0.6) is 11.5 Å². The summed E-state index contributed by atoms with van der Waals surface area (Å²) < 4.78 is 29.5. The van der Waals surface area contributed by atoms with Gasteiger partial charge in [-0.1, -0.05) is 30.3 Å². The van der Waals surface area contributed by atoms with Crippen LogP contribution in [0.2, 0.25) is 0 Å². The second-order valence-corrected chi connectivity index (χ2v) is 8.30. The topological polar surface area (TPSA) is 84.2 Å². The van der Waals surface area contributed by atoms with Gasteiger partial charge in [-0.15, -0.1) is 0 Å². The highest BCUT2D eigenvalue weighted by Gasteiger charge is 2.58. The highest BCUT2D eigenvalue weighted by Crippen LogP contribution is 2.54. The van der Waals surface area contributed by atoms with Crippen LogP contribution in [0.15, 0.2) is 51.7 Å². The maximum absolute atomic E-state index is 13.1. The van der Waals surface area contributed by atoms with Crippen molar-refractivity contribution in [1.82, 2.24) is 0 Å². The van der Waals surface area contributed by atoms with Gasteiger partial charge in [0.15, 0.2) is 5.43 Å². The average molecular weight is 422 g/mol. The number of fused-ring (bicyclic) bond motifs is 5. The maximum atomic E-state index is 13.1. The van der Waals surface area contributed by atoms with E-state index in [1.54, 1.807) is 6.07 Å². The van der Waals surface area contributed by atoms with Crippen LogP contribution in [0.4, 0.5) is 0 Å². The molecular formula is C24H22O7. The monoisotopic (exact) mass is 422 g/mol. The van der Waals surface area contributed by atoms with Crippen molar-refractivity contribution in [2.75, 3.05) is 7.11 Å². The Balaban J connectivity index is 1.79. The molecule has 0 unspecified atom stereocenters. The summed E-state index contributed by atoms with van der Waals surface area (Å²) in [6.45, 7) is 5.05.